The summed E-state index contributed by atoms with van der Waals surface area (Å²) in [6, 6.07) is 15.0. The maximum Gasteiger partial charge on any atom is 0.288 e. The van der Waals surface area contributed by atoms with E-state index in [-0.39, 0.29) is 0 Å². The standard InChI is InChI=1S/C15H12N2/c1-10-5-4-6-11-9-17-13-8-3-2-7-12(13)16-15(17)14(10)11/h2-8H,9H2,1H3/p+1. The van der Waals surface area contributed by atoms with Gasteiger partial charge in [0.1, 0.15) is 6.54 Å². The average Bonchev–Trinajstić information content (AvgIpc) is 2.85. The topological polar surface area (TPSA) is 19.7 Å². The van der Waals surface area contributed by atoms with Gasteiger partial charge in [-0.05, 0) is 24.6 Å². The average molecular weight is 221 g/mol. The maximum atomic E-state index is 3.54. The predicted molar refractivity (Wildman–Crippen MR) is 67.8 cm³/mol. The van der Waals surface area contributed by atoms with Gasteiger partial charge in [-0.25, -0.2) is 9.55 Å². The molecular weight excluding hydrogens is 208 g/mol. The Morgan fingerprint density at radius 1 is 1.06 bits per heavy atom. The van der Waals surface area contributed by atoms with E-state index in [0.29, 0.717) is 0 Å². The van der Waals surface area contributed by atoms with E-state index in [2.05, 4.69) is 58.9 Å². The van der Waals surface area contributed by atoms with Gasteiger partial charge in [0.2, 0.25) is 0 Å². The number of hydrogen-bond donors (Lipinski definition) is 1. The van der Waals surface area contributed by atoms with E-state index in [4.69, 9.17) is 0 Å². The molecule has 2 nitrogen and oxygen atoms in total. The first-order valence-electron chi connectivity index (χ1n) is 5.94. The van der Waals surface area contributed by atoms with Crippen LogP contribution in [0.25, 0.3) is 22.4 Å². The molecule has 0 fully saturated rings. The SMILES string of the molecule is Cc1cccc2c1-c1[nH]c3ccccc3[n+]1C2. The van der Waals surface area contributed by atoms with Gasteiger partial charge in [0.05, 0.1) is 5.56 Å². The van der Waals surface area contributed by atoms with Crippen LogP contribution >= 0.6 is 0 Å². The minimum atomic E-state index is 0.982. The number of fused-ring (bicyclic) bond motifs is 5. The number of rotatable bonds is 0. The second-order valence-corrected chi connectivity index (χ2v) is 4.69. The molecule has 1 aromatic heterocycles. The first kappa shape index (κ1) is 8.99. The molecule has 0 radical (unpaired) electrons. The number of para-hydroxylation sites is 2. The van der Waals surface area contributed by atoms with Gasteiger partial charge < -0.3 is 0 Å². The number of imidazole rings is 1. The number of aryl methyl sites for hydroxylation is 1. The van der Waals surface area contributed by atoms with E-state index >= 15 is 0 Å². The van der Waals surface area contributed by atoms with Crippen molar-refractivity contribution in [1.29, 1.82) is 0 Å². The maximum absolute atomic E-state index is 3.54. The zero-order valence-corrected chi connectivity index (χ0v) is 9.70. The second kappa shape index (κ2) is 2.98. The highest BCUT2D eigenvalue weighted by Gasteiger charge is 2.30. The Labute approximate surface area is 99.5 Å². The fourth-order valence-electron chi connectivity index (χ4n) is 2.86. The first-order valence-corrected chi connectivity index (χ1v) is 5.94. The molecule has 0 bridgehead atoms. The molecule has 82 valence electrons. The molecule has 1 aliphatic rings. The lowest BCUT2D eigenvalue weighted by atomic mass is 10.0. The minimum absolute atomic E-state index is 0.982. The Morgan fingerprint density at radius 3 is 2.88 bits per heavy atom. The number of hydrogen-bond acceptors (Lipinski definition) is 0. The van der Waals surface area contributed by atoms with Gasteiger partial charge in [0, 0.05) is 5.56 Å². The number of nitrogens with one attached hydrogen (secondary N) is 1. The predicted octanol–water partition coefficient (Wildman–Crippen LogP) is 2.79. The highest BCUT2D eigenvalue weighted by Crippen LogP contribution is 2.30. The van der Waals surface area contributed by atoms with E-state index in [1.165, 1.54) is 33.5 Å². The lowest BCUT2D eigenvalue weighted by Gasteiger charge is -1.97. The highest BCUT2D eigenvalue weighted by molar-refractivity contribution is 5.77. The fourth-order valence-corrected chi connectivity index (χ4v) is 2.86. The second-order valence-electron chi connectivity index (χ2n) is 4.69. The first-order chi connectivity index (χ1) is 8.34. The van der Waals surface area contributed by atoms with Crippen LogP contribution in [-0.2, 0) is 6.54 Å². The van der Waals surface area contributed by atoms with Crippen LogP contribution in [0.1, 0.15) is 11.1 Å². The van der Waals surface area contributed by atoms with E-state index in [0.717, 1.165) is 6.54 Å². The van der Waals surface area contributed by atoms with Gasteiger partial charge in [-0.15, -0.1) is 0 Å². The van der Waals surface area contributed by atoms with Gasteiger partial charge in [-0.2, -0.15) is 0 Å². The summed E-state index contributed by atoms with van der Waals surface area (Å²) in [6.07, 6.45) is 0. The summed E-state index contributed by atoms with van der Waals surface area (Å²) in [4.78, 5) is 3.54. The summed E-state index contributed by atoms with van der Waals surface area (Å²) < 4.78 is 2.37. The van der Waals surface area contributed by atoms with E-state index in [1.807, 2.05) is 0 Å². The van der Waals surface area contributed by atoms with Crippen molar-refractivity contribution in [3.05, 3.63) is 53.6 Å². The smallest absolute Gasteiger partial charge is 0.236 e. The van der Waals surface area contributed by atoms with Crippen LogP contribution in [0, 0.1) is 6.92 Å². The molecule has 0 aliphatic carbocycles. The Hall–Kier alpha value is -2.09. The normalized spacial score (nSPS) is 12.8. The Bertz CT molecular complexity index is 738. The molecule has 1 aliphatic heterocycles. The van der Waals surface area contributed by atoms with Crippen molar-refractivity contribution in [3.8, 4) is 11.4 Å². The minimum Gasteiger partial charge on any atom is -0.236 e. The molecule has 2 heteroatoms. The van der Waals surface area contributed by atoms with Crippen molar-refractivity contribution in [1.82, 2.24) is 4.98 Å². The Morgan fingerprint density at radius 2 is 1.94 bits per heavy atom. The monoisotopic (exact) mass is 221 g/mol. The summed E-state index contributed by atoms with van der Waals surface area (Å²) in [5.41, 5.74) is 6.65. The molecule has 2 aromatic carbocycles. The van der Waals surface area contributed by atoms with Crippen LogP contribution in [0.15, 0.2) is 42.5 Å². The van der Waals surface area contributed by atoms with Gasteiger partial charge in [0.15, 0.2) is 11.0 Å². The van der Waals surface area contributed by atoms with Crippen LogP contribution in [0.5, 0.6) is 0 Å². The van der Waals surface area contributed by atoms with Crippen molar-refractivity contribution >= 4 is 11.0 Å². The lowest BCUT2D eigenvalue weighted by molar-refractivity contribution is -0.645. The molecule has 4 rings (SSSR count). The Balaban J connectivity index is 2.13. The zero-order chi connectivity index (χ0) is 11.4. The molecule has 0 amide bonds. The van der Waals surface area contributed by atoms with Crippen LogP contribution in [0.3, 0.4) is 0 Å². The third-order valence-corrected chi connectivity index (χ3v) is 3.64. The molecule has 0 saturated heterocycles. The number of nitrogens with zero attached hydrogens (tertiary/aromatic N) is 1. The summed E-state index contributed by atoms with van der Waals surface area (Å²) in [7, 11) is 0. The largest absolute Gasteiger partial charge is 0.288 e. The van der Waals surface area contributed by atoms with Crippen LogP contribution in [-0.4, -0.2) is 4.98 Å². The molecule has 0 atom stereocenters. The van der Waals surface area contributed by atoms with Crippen molar-refractivity contribution in [2.45, 2.75) is 13.5 Å². The van der Waals surface area contributed by atoms with Crippen LogP contribution < -0.4 is 4.57 Å². The molecule has 0 unspecified atom stereocenters. The van der Waals surface area contributed by atoms with E-state index in [1.54, 1.807) is 0 Å². The van der Waals surface area contributed by atoms with Gasteiger partial charge in [-0.1, -0.05) is 30.3 Å². The van der Waals surface area contributed by atoms with Gasteiger partial charge in [-0.3, -0.25) is 0 Å². The van der Waals surface area contributed by atoms with Crippen LogP contribution in [0.4, 0.5) is 0 Å². The molecule has 1 N–H and O–H groups in total. The molecule has 2 heterocycles. The number of H-pyrrole nitrogens is 1. The van der Waals surface area contributed by atoms with Crippen molar-refractivity contribution < 1.29 is 4.57 Å². The Kier molecular flexibility index (Phi) is 1.57. The highest BCUT2D eigenvalue weighted by atomic mass is 15.1. The summed E-state index contributed by atoms with van der Waals surface area (Å²) in [6.45, 7) is 3.16. The molecule has 17 heavy (non-hydrogen) atoms. The zero-order valence-electron chi connectivity index (χ0n) is 9.70. The molecule has 0 saturated carbocycles. The molecule has 0 spiro atoms. The van der Waals surface area contributed by atoms with Crippen LogP contribution in [0.2, 0.25) is 0 Å². The molecule has 3 aromatic rings. The third kappa shape index (κ3) is 1.07. The number of aromatic amines is 1. The summed E-state index contributed by atoms with van der Waals surface area (Å²) in [5, 5.41) is 0. The lowest BCUT2D eigenvalue weighted by Crippen LogP contribution is -2.30. The van der Waals surface area contributed by atoms with Gasteiger partial charge in [0.25, 0.3) is 5.82 Å². The van der Waals surface area contributed by atoms with Crippen molar-refractivity contribution in [3.63, 3.8) is 0 Å². The quantitative estimate of drug-likeness (QED) is 0.440. The summed E-state index contributed by atoms with van der Waals surface area (Å²) >= 11 is 0. The van der Waals surface area contributed by atoms with E-state index < -0.39 is 0 Å². The number of benzene rings is 2. The summed E-state index contributed by atoms with van der Waals surface area (Å²) in [5.74, 6) is 1.25. The fraction of sp³-hybridized carbons (Fsp3) is 0.133. The third-order valence-electron chi connectivity index (χ3n) is 3.64. The number of aromatic nitrogens is 2. The van der Waals surface area contributed by atoms with Gasteiger partial charge >= 0.3 is 0 Å². The van der Waals surface area contributed by atoms with Crippen molar-refractivity contribution in [2.75, 3.05) is 0 Å². The van der Waals surface area contributed by atoms with Crippen molar-refractivity contribution in [2.24, 2.45) is 0 Å². The van der Waals surface area contributed by atoms with E-state index in [9.17, 15) is 0 Å². The molecular formula is C15H13N2+.